The van der Waals surface area contributed by atoms with E-state index in [4.69, 9.17) is 10.5 Å². The summed E-state index contributed by atoms with van der Waals surface area (Å²) >= 11 is 2.98. The van der Waals surface area contributed by atoms with Gasteiger partial charge in [0.25, 0.3) is 6.43 Å². The Morgan fingerprint density at radius 3 is 2.76 bits per heavy atom. The van der Waals surface area contributed by atoms with E-state index in [9.17, 15) is 13.6 Å². The van der Waals surface area contributed by atoms with Crippen LogP contribution < -0.4 is 5.73 Å². The summed E-state index contributed by atoms with van der Waals surface area (Å²) in [6.07, 6.45) is -2.79. The van der Waals surface area contributed by atoms with Crippen molar-refractivity contribution in [2.24, 2.45) is 5.73 Å². The van der Waals surface area contributed by atoms with Gasteiger partial charge in [0.15, 0.2) is 0 Å². The molecule has 0 bridgehead atoms. The van der Waals surface area contributed by atoms with E-state index in [2.05, 4.69) is 20.9 Å². The Balaban J connectivity index is 3.31. The molecule has 94 valence electrons. The van der Waals surface area contributed by atoms with Crippen molar-refractivity contribution in [3.63, 3.8) is 0 Å². The molecule has 0 fully saturated rings. The molecule has 7 heteroatoms. The smallest absolute Gasteiger partial charge is 0.341 e. The second kappa shape index (κ2) is 6.02. The third-order valence-electron chi connectivity index (χ3n) is 1.98. The highest BCUT2D eigenvalue weighted by atomic mass is 79.9. The summed E-state index contributed by atoms with van der Waals surface area (Å²) < 4.78 is 30.4. The number of aromatic nitrogens is 1. The standard InChI is InChI=1S/C10H11BrF2N2O2/c1-2-17-10(16)7-6(9(12)13)3-5(4-14)15-8(7)11/h3,9H,2,4,14H2,1H3. The summed E-state index contributed by atoms with van der Waals surface area (Å²) in [5.41, 5.74) is 4.93. The fourth-order valence-corrected chi connectivity index (χ4v) is 1.89. The van der Waals surface area contributed by atoms with Gasteiger partial charge in [0.1, 0.15) is 10.2 Å². The van der Waals surface area contributed by atoms with Crippen LogP contribution in [0.5, 0.6) is 0 Å². The number of rotatable bonds is 4. The number of nitrogens with zero attached hydrogens (tertiary/aromatic N) is 1. The lowest BCUT2D eigenvalue weighted by Crippen LogP contribution is -2.13. The molecule has 0 spiro atoms. The molecule has 2 N–H and O–H groups in total. The lowest BCUT2D eigenvalue weighted by molar-refractivity contribution is 0.0513. The van der Waals surface area contributed by atoms with Gasteiger partial charge < -0.3 is 10.5 Å². The first-order chi connectivity index (χ1) is 8.01. The summed E-state index contributed by atoms with van der Waals surface area (Å²) in [6.45, 7) is 1.71. The maximum atomic E-state index is 12.8. The van der Waals surface area contributed by atoms with E-state index in [1.807, 2.05) is 0 Å². The highest BCUT2D eigenvalue weighted by molar-refractivity contribution is 9.10. The Morgan fingerprint density at radius 1 is 1.65 bits per heavy atom. The van der Waals surface area contributed by atoms with E-state index in [0.29, 0.717) is 0 Å². The monoisotopic (exact) mass is 308 g/mol. The third-order valence-corrected chi connectivity index (χ3v) is 2.56. The number of halogens is 3. The molecule has 17 heavy (non-hydrogen) atoms. The van der Waals surface area contributed by atoms with Gasteiger partial charge in [0, 0.05) is 12.1 Å². The Morgan fingerprint density at radius 2 is 2.29 bits per heavy atom. The zero-order valence-corrected chi connectivity index (χ0v) is 10.6. The fourth-order valence-electron chi connectivity index (χ4n) is 1.27. The molecule has 0 amide bonds. The molecule has 0 saturated heterocycles. The van der Waals surface area contributed by atoms with Gasteiger partial charge in [0.2, 0.25) is 0 Å². The molecular weight excluding hydrogens is 298 g/mol. The number of nitrogens with two attached hydrogens (primary N) is 1. The number of ether oxygens (including phenoxy) is 1. The van der Waals surface area contributed by atoms with Gasteiger partial charge in [-0.2, -0.15) is 0 Å². The second-order valence-corrected chi connectivity index (χ2v) is 3.85. The molecule has 1 heterocycles. The van der Waals surface area contributed by atoms with E-state index in [1.165, 1.54) is 0 Å². The topological polar surface area (TPSA) is 65.2 Å². The number of hydrogen-bond donors (Lipinski definition) is 1. The molecule has 0 radical (unpaired) electrons. The number of hydrogen-bond acceptors (Lipinski definition) is 4. The molecule has 0 atom stereocenters. The van der Waals surface area contributed by atoms with Gasteiger partial charge in [-0.3, -0.25) is 0 Å². The fraction of sp³-hybridized carbons (Fsp3) is 0.400. The maximum absolute atomic E-state index is 12.8. The van der Waals surface area contributed by atoms with Gasteiger partial charge in [-0.05, 0) is 28.9 Å². The zero-order valence-electron chi connectivity index (χ0n) is 9.04. The van der Waals surface area contributed by atoms with Crippen molar-refractivity contribution in [3.8, 4) is 0 Å². The molecule has 1 rings (SSSR count). The number of esters is 1. The summed E-state index contributed by atoms with van der Waals surface area (Å²) in [6, 6.07) is 1.11. The number of carbonyl (C=O) groups excluding carboxylic acids is 1. The minimum absolute atomic E-state index is 0.0153. The van der Waals surface area contributed by atoms with Crippen molar-refractivity contribution in [2.75, 3.05) is 6.61 Å². The largest absolute Gasteiger partial charge is 0.462 e. The molecule has 0 saturated carbocycles. The molecule has 0 aliphatic rings. The van der Waals surface area contributed by atoms with E-state index < -0.39 is 18.0 Å². The van der Waals surface area contributed by atoms with Crippen LogP contribution in [-0.4, -0.2) is 17.6 Å². The maximum Gasteiger partial charge on any atom is 0.341 e. The van der Waals surface area contributed by atoms with Crippen LogP contribution in [0.3, 0.4) is 0 Å². The van der Waals surface area contributed by atoms with Crippen LogP contribution in [0.25, 0.3) is 0 Å². The van der Waals surface area contributed by atoms with E-state index in [-0.39, 0.29) is 29.0 Å². The molecular formula is C10H11BrF2N2O2. The number of alkyl halides is 2. The van der Waals surface area contributed by atoms with Crippen LogP contribution in [-0.2, 0) is 11.3 Å². The highest BCUT2D eigenvalue weighted by Crippen LogP contribution is 2.29. The Hall–Kier alpha value is -1.08. The summed E-state index contributed by atoms with van der Waals surface area (Å²) in [5, 5.41) is 0. The molecule has 1 aromatic rings. The second-order valence-electron chi connectivity index (χ2n) is 3.09. The SMILES string of the molecule is CCOC(=O)c1c(C(F)F)cc(CN)nc1Br. The summed E-state index contributed by atoms with van der Waals surface area (Å²) in [7, 11) is 0. The first-order valence-corrected chi connectivity index (χ1v) is 5.65. The van der Waals surface area contributed by atoms with E-state index in [0.717, 1.165) is 6.07 Å². The summed E-state index contributed by atoms with van der Waals surface area (Å²) in [5.74, 6) is -0.828. The van der Waals surface area contributed by atoms with Crippen molar-refractivity contribution < 1.29 is 18.3 Å². The minimum Gasteiger partial charge on any atom is -0.462 e. The highest BCUT2D eigenvalue weighted by Gasteiger charge is 2.24. The average molecular weight is 309 g/mol. The average Bonchev–Trinajstić information content (AvgIpc) is 2.27. The minimum atomic E-state index is -2.79. The third kappa shape index (κ3) is 3.19. The van der Waals surface area contributed by atoms with Gasteiger partial charge >= 0.3 is 5.97 Å². The van der Waals surface area contributed by atoms with Gasteiger partial charge in [0.05, 0.1) is 12.3 Å². The van der Waals surface area contributed by atoms with Crippen molar-refractivity contribution in [1.82, 2.24) is 4.98 Å². The zero-order chi connectivity index (χ0) is 13.0. The van der Waals surface area contributed by atoms with E-state index in [1.54, 1.807) is 6.92 Å². The quantitative estimate of drug-likeness (QED) is 0.685. The first-order valence-electron chi connectivity index (χ1n) is 4.85. The lowest BCUT2D eigenvalue weighted by atomic mass is 10.1. The predicted octanol–water partition coefficient (Wildman–Crippen LogP) is 2.42. The molecule has 0 aliphatic heterocycles. The number of pyridine rings is 1. The van der Waals surface area contributed by atoms with Crippen molar-refractivity contribution >= 4 is 21.9 Å². The van der Waals surface area contributed by atoms with E-state index >= 15 is 0 Å². The van der Waals surface area contributed by atoms with Gasteiger partial charge in [-0.25, -0.2) is 18.6 Å². The van der Waals surface area contributed by atoms with Crippen LogP contribution in [0.2, 0.25) is 0 Å². The molecule has 1 aromatic heterocycles. The van der Waals surface area contributed by atoms with Crippen molar-refractivity contribution in [2.45, 2.75) is 19.9 Å². The van der Waals surface area contributed by atoms with Gasteiger partial charge in [-0.1, -0.05) is 0 Å². The Labute approximate surface area is 105 Å². The first kappa shape index (κ1) is 14.0. The summed E-state index contributed by atoms with van der Waals surface area (Å²) in [4.78, 5) is 15.4. The molecule has 0 unspecified atom stereocenters. The number of carbonyl (C=O) groups is 1. The molecule has 0 aliphatic carbocycles. The lowest BCUT2D eigenvalue weighted by Gasteiger charge is -2.11. The predicted molar refractivity (Wildman–Crippen MR) is 60.7 cm³/mol. The van der Waals surface area contributed by atoms with Crippen LogP contribution in [0, 0.1) is 0 Å². The molecule has 0 aromatic carbocycles. The molecule has 4 nitrogen and oxygen atoms in total. The normalized spacial score (nSPS) is 10.7. The van der Waals surface area contributed by atoms with Crippen molar-refractivity contribution in [3.05, 3.63) is 27.5 Å². The Kier molecular flexibility index (Phi) is 4.95. The van der Waals surface area contributed by atoms with Crippen LogP contribution in [0.1, 0.15) is 35.0 Å². The van der Waals surface area contributed by atoms with Gasteiger partial charge in [-0.15, -0.1) is 0 Å². The van der Waals surface area contributed by atoms with Crippen LogP contribution in [0.15, 0.2) is 10.7 Å². The van der Waals surface area contributed by atoms with Crippen molar-refractivity contribution in [1.29, 1.82) is 0 Å². The van der Waals surface area contributed by atoms with Crippen LogP contribution in [0.4, 0.5) is 8.78 Å². The van der Waals surface area contributed by atoms with Crippen LogP contribution >= 0.6 is 15.9 Å². The Bertz CT molecular complexity index is 427.